The highest BCUT2D eigenvalue weighted by molar-refractivity contribution is 14.1. The number of anilines is 2. The molecule has 0 radical (unpaired) electrons. The minimum absolute atomic E-state index is 0.160. The number of amides is 2. The molecule has 176 valence electrons. The van der Waals surface area contributed by atoms with E-state index in [1.54, 1.807) is 11.1 Å². The van der Waals surface area contributed by atoms with Gasteiger partial charge in [0.05, 0.1) is 6.04 Å². The van der Waals surface area contributed by atoms with Gasteiger partial charge < -0.3 is 20.7 Å². The number of hydrogen-bond acceptors (Lipinski definition) is 6. The van der Waals surface area contributed by atoms with Gasteiger partial charge in [0, 0.05) is 22.9 Å². The number of aromatic nitrogens is 2. The van der Waals surface area contributed by atoms with Crippen molar-refractivity contribution in [2.75, 3.05) is 11.9 Å². The zero-order valence-corrected chi connectivity index (χ0v) is 20.6. The Bertz CT molecular complexity index is 1180. The number of benzene rings is 2. The van der Waals surface area contributed by atoms with Crippen LogP contribution in [0.15, 0.2) is 59.6 Å². The van der Waals surface area contributed by atoms with Crippen molar-refractivity contribution in [3.05, 3.63) is 71.3 Å². The van der Waals surface area contributed by atoms with Crippen LogP contribution in [0.2, 0.25) is 0 Å². The first-order valence-corrected chi connectivity index (χ1v) is 12.4. The number of rotatable bonds is 8. The number of carbonyl (C=O) groups excluding carboxylic acids is 2. The quantitative estimate of drug-likeness (QED) is 0.205. The number of likely N-dealkylation sites (tertiary alicyclic amines) is 1. The van der Waals surface area contributed by atoms with Gasteiger partial charge >= 0.3 is 6.09 Å². The van der Waals surface area contributed by atoms with Crippen molar-refractivity contribution >= 4 is 58.1 Å². The maximum Gasteiger partial charge on any atom is 0.410 e. The number of nitrogens with zero attached hydrogens (tertiary/aromatic N) is 3. The van der Waals surface area contributed by atoms with Gasteiger partial charge in [-0.05, 0) is 36.1 Å². The second-order valence-corrected chi connectivity index (χ2v) is 8.60. The average molecular weight is 572 g/mol. The van der Waals surface area contributed by atoms with Crippen LogP contribution < -0.4 is 11.1 Å². The molecule has 1 aromatic heterocycles. The molecule has 0 spiro atoms. The molecular formula is C24H25IN6O3. The summed E-state index contributed by atoms with van der Waals surface area (Å²) in [4.78, 5) is 30.8. The van der Waals surface area contributed by atoms with Gasteiger partial charge in [-0.1, -0.05) is 65.1 Å². The van der Waals surface area contributed by atoms with Gasteiger partial charge in [-0.15, -0.1) is 0 Å². The summed E-state index contributed by atoms with van der Waals surface area (Å²) >= 11 is 2.29. The molecule has 0 bridgehead atoms. The first-order chi connectivity index (χ1) is 16.5. The standard InChI is InChI=1S/C24H25IN6O3/c25-13-17-8-4-9-18(12-17)28-23-20(21(26)32)22(29-30-23)27-14-19-10-5-11-31(19)24(33)34-15-16-6-2-1-3-7-16/h1-4,6-9,12,14,19H,5,10-11,13,15H2,(H2,26,32)(H2,28,29,30)/b27-14+. The number of nitrogens with one attached hydrogen (secondary N) is 2. The molecule has 1 aliphatic rings. The van der Waals surface area contributed by atoms with E-state index < -0.39 is 12.0 Å². The van der Waals surface area contributed by atoms with E-state index in [9.17, 15) is 9.59 Å². The van der Waals surface area contributed by atoms with Gasteiger partial charge in [0.15, 0.2) is 11.6 Å². The number of aliphatic imine (C=N–C) groups is 1. The molecule has 1 saturated heterocycles. The van der Waals surface area contributed by atoms with E-state index in [0.717, 1.165) is 34.1 Å². The second-order valence-electron chi connectivity index (χ2n) is 7.84. The molecular weight excluding hydrogens is 547 g/mol. The Hall–Kier alpha value is -3.41. The van der Waals surface area contributed by atoms with Crippen molar-refractivity contribution in [2.45, 2.75) is 29.9 Å². The van der Waals surface area contributed by atoms with E-state index in [1.807, 2.05) is 54.6 Å². The number of H-pyrrole nitrogens is 1. The molecule has 4 N–H and O–H groups in total. The third kappa shape index (κ3) is 5.74. The lowest BCUT2D eigenvalue weighted by Crippen LogP contribution is -2.36. The van der Waals surface area contributed by atoms with Gasteiger partial charge in [0.25, 0.3) is 5.91 Å². The smallest absolute Gasteiger partial charge is 0.410 e. The molecule has 4 rings (SSSR count). The lowest BCUT2D eigenvalue weighted by molar-refractivity contribution is 0.0990. The van der Waals surface area contributed by atoms with Crippen molar-refractivity contribution in [2.24, 2.45) is 10.7 Å². The first-order valence-electron chi connectivity index (χ1n) is 10.9. The predicted molar refractivity (Wildman–Crippen MR) is 139 cm³/mol. The maximum absolute atomic E-state index is 12.6. The summed E-state index contributed by atoms with van der Waals surface area (Å²) in [6.45, 7) is 0.788. The summed E-state index contributed by atoms with van der Waals surface area (Å²) < 4.78 is 6.32. The zero-order valence-electron chi connectivity index (χ0n) is 18.4. The summed E-state index contributed by atoms with van der Waals surface area (Å²) in [6.07, 6.45) is 2.83. The summed E-state index contributed by atoms with van der Waals surface area (Å²) in [5.41, 5.74) is 8.64. The maximum atomic E-state index is 12.6. The van der Waals surface area contributed by atoms with Crippen molar-refractivity contribution in [3.63, 3.8) is 0 Å². The predicted octanol–water partition coefficient (Wildman–Crippen LogP) is 4.69. The molecule has 0 saturated carbocycles. The Balaban J connectivity index is 1.45. The Morgan fingerprint density at radius 3 is 2.79 bits per heavy atom. The third-order valence-corrected chi connectivity index (χ3v) is 6.33. The van der Waals surface area contributed by atoms with Crippen molar-refractivity contribution in [1.29, 1.82) is 0 Å². The fourth-order valence-electron chi connectivity index (χ4n) is 3.76. The molecule has 9 nitrogen and oxygen atoms in total. The summed E-state index contributed by atoms with van der Waals surface area (Å²) in [5.74, 6) is -0.112. The molecule has 2 aromatic carbocycles. The molecule has 2 heterocycles. The van der Waals surface area contributed by atoms with E-state index in [-0.39, 0.29) is 24.0 Å². The van der Waals surface area contributed by atoms with E-state index in [0.29, 0.717) is 12.4 Å². The highest BCUT2D eigenvalue weighted by Gasteiger charge is 2.29. The normalized spacial score (nSPS) is 15.6. The molecule has 2 amide bonds. The number of primary amides is 1. The SMILES string of the molecule is NC(=O)c1c(Nc2cccc(CI)c2)n[nH]c1/N=C/C1CCCN1C(=O)OCc1ccccc1. The van der Waals surface area contributed by atoms with Crippen molar-refractivity contribution in [3.8, 4) is 0 Å². The molecule has 10 heteroatoms. The fourth-order valence-corrected chi connectivity index (χ4v) is 4.23. The molecule has 1 fully saturated rings. The number of nitrogens with two attached hydrogens (primary N) is 1. The Kier molecular flexibility index (Phi) is 7.78. The highest BCUT2D eigenvalue weighted by Crippen LogP contribution is 2.27. The number of alkyl halides is 1. The summed E-state index contributed by atoms with van der Waals surface area (Å²) in [6, 6.07) is 17.1. The van der Waals surface area contributed by atoms with Crippen LogP contribution in [0, 0.1) is 0 Å². The van der Waals surface area contributed by atoms with Gasteiger partial charge in [-0.3, -0.25) is 9.89 Å². The van der Waals surface area contributed by atoms with Crippen LogP contribution in [-0.2, 0) is 15.8 Å². The van der Waals surface area contributed by atoms with Crippen LogP contribution in [0.3, 0.4) is 0 Å². The highest BCUT2D eigenvalue weighted by atomic mass is 127. The molecule has 3 aromatic rings. The van der Waals surface area contributed by atoms with E-state index in [2.05, 4.69) is 43.1 Å². The van der Waals surface area contributed by atoms with Crippen LogP contribution in [0.25, 0.3) is 0 Å². The molecule has 34 heavy (non-hydrogen) atoms. The molecule has 0 aliphatic carbocycles. The zero-order chi connectivity index (χ0) is 23.9. The second kappa shape index (κ2) is 11.1. The number of hydrogen-bond donors (Lipinski definition) is 3. The third-order valence-electron chi connectivity index (χ3n) is 5.45. The molecule has 1 atom stereocenters. The first kappa shape index (κ1) is 23.7. The van der Waals surface area contributed by atoms with Crippen LogP contribution in [-0.4, -0.2) is 45.9 Å². The number of ether oxygens (including phenoxy) is 1. The topological polar surface area (TPSA) is 126 Å². The Morgan fingerprint density at radius 1 is 1.24 bits per heavy atom. The van der Waals surface area contributed by atoms with Crippen molar-refractivity contribution < 1.29 is 14.3 Å². The van der Waals surface area contributed by atoms with Crippen LogP contribution in [0.5, 0.6) is 0 Å². The lowest BCUT2D eigenvalue weighted by Gasteiger charge is -2.21. The summed E-state index contributed by atoms with van der Waals surface area (Å²) in [5, 5.41) is 10.1. The number of aromatic amines is 1. The van der Waals surface area contributed by atoms with E-state index >= 15 is 0 Å². The largest absolute Gasteiger partial charge is 0.445 e. The monoisotopic (exact) mass is 572 g/mol. The van der Waals surface area contributed by atoms with E-state index in [1.165, 1.54) is 0 Å². The van der Waals surface area contributed by atoms with Gasteiger partial charge in [0.2, 0.25) is 0 Å². The van der Waals surface area contributed by atoms with Gasteiger partial charge in [-0.2, -0.15) is 5.10 Å². The summed E-state index contributed by atoms with van der Waals surface area (Å²) in [7, 11) is 0. The minimum Gasteiger partial charge on any atom is -0.445 e. The minimum atomic E-state index is -0.654. The average Bonchev–Trinajstić information content (AvgIpc) is 3.49. The Morgan fingerprint density at radius 2 is 2.03 bits per heavy atom. The number of halogens is 1. The molecule has 1 unspecified atom stereocenters. The van der Waals surface area contributed by atoms with E-state index in [4.69, 9.17) is 10.5 Å². The van der Waals surface area contributed by atoms with Gasteiger partial charge in [0.1, 0.15) is 12.2 Å². The van der Waals surface area contributed by atoms with Crippen LogP contribution in [0.1, 0.15) is 34.3 Å². The number of carbonyl (C=O) groups is 2. The lowest BCUT2D eigenvalue weighted by atomic mass is 10.2. The van der Waals surface area contributed by atoms with Gasteiger partial charge in [-0.25, -0.2) is 9.79 Å². The fraction of sp³-hybridized carbons (Fsp3) is 0.250. The van der Waals surface area contributed by atoms with Crippen LogP contribution >= 0.6 is 22.6 Å². The van der Waals surface area contributed by atoms with Crippen LogP contribution in [0.4, 0.5) is 22.1 Å². The Labute approximate surface area is 210 Å². The molecule has 1 aliphatic heterocycles. The van der Waals surface area contributed by atoms with Crippen molar-refractivity contribution in [1.82, 2.24) is 15.1 Å².